The highest BCUT2D eigenvalue weighted by atomic mass is 32.2. The van der Waals surface area contributed by atoms with Crippen molar-refractivity contribution in [2.75, 3.05) is 25.2 Å². The number of nitrogen functional groups attached to an aromatic ring is 1. The molecular formula is C24H26N4O3S3. The minimum Gasteiger partial charge on any atom is -0.611 e. The van der Waals surface area contributed by atoms with E-state index in [4.69, 9.17) is 15.5 Å². The molecule has 3 N–H and O–H groups in total. The number of methoxy groups -OCH3 is 1. The molecule has 4 aromatic rings. The van der Waals surface area contributed by atoms with E-state index in [0.29, 0.717) is 22.2 Å². The molecule has 4 rings (SSSR count). The van der Waals surface area contributed by atoms with E-state index in [2.05, 4.69) is 17.2 Å². The van der Waals surface area contributed by atoms with Crippen LogP contribution in [-0.2, 0) is 27.3 Å². The highest BCUT2D eigenvalue weighted by Gasteiger charge is 2.25. The van der Waals surface area contributed by atoms with Gasteiger partial charge in [-0.2, -0.15) is 0 Å². The third kappa shape index (κ3) is 5.42. The van der Waals surface area contributed by atoms with Gasteiger partial charge in [-0.25, -0.2) is 9.97 Å². The Kier molecular flexibility index (Phi) is 8.17. The number of amides is 1. The molecule has 0 radical (unpaired) electrons. The van der Waals surface area contributed by atoms with E-state index in [1.165, 1.54) is 29.8 Å². The summed E-state index contributed by atoms with van der Waals surface area (Å²) in [5.41, 5.74) is 10.7. The number of fused-ring (bicyclic) bond motifs is 1. The van der Waals surface area contributed by atoms with Gasteiger partial charge in [0.05, 0.1) is 0 Å². The number of carbonyl (C=O) groups excluding carboxylic acids is 1. The van der Waals surface area contributed by atoms with E-state index >= 15 is 0 Å². The summed E-state index contributed by atoms with van der Waals surface area (Å²) in [6, 6.07) is 9.95. The molecule has 0 spiro atoms. The normalized spacial score (nSPS) is 12.2. The Bertz CT molecular complexity index is 1260. The number of rotatable bonds is 10. The van der Waals surface area contributed by atoms with Gasteiger partial charge >= 0.3 is 0 Å². The third-order valence-corrected chi connectivity index (χ3v) is 9.03. The molecular weight excluding hydrogens is 488 g/mol. The molecule has 34 heavy (non-hydrogen) atoms. The summed E-state index contributed by atoms with van der Waals surface area (Å²) in [7, 11) is 1.49. The fourth-order valence-electron chi connectivity index (χ4n) is 3.51. The van der Waals surface area contributed by atoms with Gasteiger partial charge in [0.25, 0.3) is 0 Å². The molecule has 1 atom stereocenters. The van der Waals surface area contributed by atoms with Crippen molar-refractivity contribution in [3.8, 4) is 21.8 Å². The number of thiazole rings is 1. The summed E-state index contributed by atoms with van der Waals surface area (Å²) in [4.78, 5) is 21.7. The van der Waals surface area contributed by atoms with Gasteiger partial charge in [-0.15, -0.1) is 11.3 Å². The molecule has 0 saturated heterocycles. The van der Waals surface area contributed by atoms with Crippen molar-refractivity contribution in [2.45, 2.75) is 30.5 Å². The number of carbonyl (C=O) groups is 1. The maximum Gasteiger partial charge on any atom is 0.246 e. The molecule has 0 aliphatic carbocycles. The maximum absolute atomic E-state index is 12.9. The van der Waals surface area contributed by atoms with Crippen LogP contribution in [0.5, 0.6) is 0 Å². The summed E-state index contributed by atoms with van der Waals surface area (Å²) in [5, 5.41) is 6.39. The second-order valence-electron chi connectivity index (χ2n) is 7.69. The lowest BCUT2D eigenvalue weighted by molar-refractivity contribution is -0.124. The number of aromatic nitrogens is 2. The van der Waals surface area contributed by atoms with E-state index in [9.17, 15) is 9.35 Å². The van der Waals surface area contributed by atoms with Crippen LogP contribution in [0.1, 0.15) is 25.3 Å². The van der Waals surface area contributed by atoms with Gasteiger partial charge in [-0.1, -0.05) is 48.9 Å². The zero-order valence-corrected chi connectivity index (χ0v) is 21.4. The fraction of sp³-hybridized carbons (Fsp3) is 0.292. The average molecular weight is 515 g/mol. The van der Waals surface area contributed by atoms with E-state index in [0.717, 1.165) is 50.5 Å². The molecule has 7 nitrogen and oxygen atoms in total. The first kappa shape index (κ1) is 24.6. The van der Waals surface area contributed by atoms with Crippen molar-refractivity contribution < 1.29 is 14.1 Å². The molecule has 1 aromatic carbocycles. The van der Waals surface area contributed by atoms with Gasteiger partial charge < -0.3 is 20.3 Å². The number of hydrogen-bond acceptors (Lipinski definition) is 8. The Morgan fingerprint density at radius 1 is 1.29 bits per heavy atom. The summed E-state index contributed by atoms with van der Waals surface area (Å²) in [6.07, 6.45) is 3.62. The Morgan fingerprint density at radius 3 is 2.76 bits per heavy atom. The number of nitrogens with one attached hydrogen (secondary N) is 1. The van der Waals surface area contributed by atoms with Crippen molar-refractivity contribution in [3.63, 3.8) is 0 Å². The predicted molar refractivity (Wildman–Crippen MR) is 140 cm³/mol. The van der Waals surface area contributed by atoms with E-state index < -0.39 is 11.2 Å². The molecule has 10 heteroatoms. The van der Waals surface area contributed by atoms with Crippen molar-refractivity contribution in [1.29, 1.82) is 0 Å². The van der Waals surface area contributed by atoms with Crippen LogP contribution in [0.4, 0.5) is 5.69 Å². The number of unbranched alkanes of at least 4 members (excludes halogenated alkanes) is 1. The Balaban J connectivity index is 1.74. The zero-order valence-electron chi connectivity index (χ0n) is 19.0. The van der Waals surface area contributed by atoms with Crippen molar-refractivity contribution in [1.82, 2.24) is 15.3 Å². The van der Waals surface area contributed by atoms with Gasteiger partial charge in [0.15, 0.2) is 0 Å². The second-order valence-corrected chi connectivity index (χ2v) is 11.3. The van der Waals surface area contributed by atoms with E-state index in [1.54, 1.807) is 6.20 Å². The molecule has 1 unspecified atom stereocenters. The number of thiophene rings is 1. The lowest BCUT2D eigenvalue weighted by Crippen LogP contribution is -2.26. The number of benzene rings is 1. The van der Waals surface area contributed by atoms with Gasteiger partial charge in [0, 0.05) is 30.6 Å². The highest BCUT2D eigenvalue weighted by molar-refractivity contribution is 7.93. The first-order chi connectivity index (χ1) is 16.5. The van der Waals surface area contributed by atoms with Gasteiger partial charge in [0.1, 0.15) is 33.6 Å². The number of ether oxygens (including phenoxy) is 1. The van der Waals surface area contributed by atoms with Crippen LogP contribution in [0.2, 0.25) is 0 Å². The summed E-state index contributed by atoms with van der Waals surface area (Å²) >= 11 is 1.77. The van der Waals surface area contributed by atoms with E-state index in [1.807, 2.05) is 35.7 Å². The van der Waals surface area contributed by atoms with Crippen LogP contribution in [-0.4, -0.2) is 39.9 Å². The van der Waals surface area contributed by atoms with Crippen LogP contribution < -0.4 is 11.1 Å². The van der Waals surface area contributed by atoms with Crippen molar-refractivity contribution in [3.05, 3.63) is 47.5 Å². The summed E-state index contributed by atoms with van der Waals surface area (Å²) < 4.78 is 18.5. The second kappa shape index (κ2) is 11.3. The lowest BCUT2D eigenvalue weighted by Gasteiger charge is -2.10. The SMILES string of the molecule is CCCC[S+]([O-])c1sc2nc(-c3nccs3)cc(-c3ccc(CNC(=O)COC)cc3)c2c1N. The number of pyridine rings is 1. The van der Waals surface area contributed by atoms with Gasteiger partial charge in [-0.05, 0) is 40.4 Å². The maximum atomic E-state index is 12.9. The van der Waals surface area contributed by atoms with Crippen molar-refractivity contribution >= 4 is 55.7 Å². The minimum absolute atomic E-state index is 0.0337. The highest BCUT2D eigenvalue weighted by Crippen LogP contribution is 2.43. The summed E-state index contributed by atoms with van der Waals surface area (Å²) in [5.74, 6) is 0.427. The van der Waals surface area contributed by atoms with Crippen LogP contribution >= 0.6 is 22.7 Å². The predicted octanol–water partition coefficient (Wildman–Crippen LogP) is 4.84. The number of anilines is 1. The number of nitrogens with two attached hydrogens (primary N) is 1. The largest absolute Gasteiger partial charge is 0.611 e. The van der Waals surface area contributed by atoms with Crippen LogP contribution in [0.25, 0.3) is 32.0 Å². The Hall–Kier alpha value is -2.50. The Labute approximate surface area is 209 Å². The quantitative estimate of drug-likeness (QED) is 0.293. The van der Waals surface area contributed by atoms with Crippen LogP contribution in [0.3, 0.4) is 0 Å². The third-order valence-electron chi connectivity index (χ3n) is 5.24. The fourth-order valence-corrected chi connectivity index (χ4v) is 6.90. The van der Waals surface area contributed by atoms with Gasteiger partial charge in [-0.3, -0.25) is 4.79 Å². The van der Waals surface area contributed by atoms with Crippen LogP contribution in [0.15, 0.2) is 46.1 Å². The molecule has 1 amide bonds. The lowest BCUT2D eigenvalue weighted by atomic mass is 10.0. The smallest absolute Gasteiger partial charge is 0.246 e. The van der Waals surface area contributed by atoms with Gasteiger partial charge in [0.2, 0.25) is 10.1 Å². The number of nitrogens with zero attached hydrogens (tertiary/aromatic N) is 2. The minimum atomic E-state index is -1.16. The first-order valence-electron chi connectivity index (χ1n) is 10.9. The molecule has 3 heterocycles. The first-order valence-corrected chi connectivity index (χ1v) is 13.9. The zero-order chi connectivity index (χ0) is 24.1. The van der Waals surface area contributed by atoms with E-state index in [-0.39, 0.29) is 12.5 Å². The van der Waals surface area contributed by atoms with Crippen molar-refractivity contribution in [2.24, 2.45) is 0 Å². The monoisotopic (exact) mass is 514 g/mol. The molecule has 0 aliphatic heterocycles. The molecule has 0 aliphatic rings. The number of hydrogen-bond donors (Lipinski definition) is 2. The average Bonchev–Trinajstić information content (AvgIpc) is 3.50. The molecule has 178 valence electrons. The summed E-state index contributed by atoms with van der Waals surface area (Å²) in [6.45, 7) is 2.53. The standard InChI is InChI=1S/C24H26N4O3S3/c1-3-4-11-34(30)24-21(25)20-17(12-18(28-23(20)33-24)22-26-9-10-32-22)16-7-5-15(6-8-16)13-27-19(29)14-31-2/h5-10,12H,3-4,11,13-14,25H2,1-2H3,(H,27,29). The van der Waals surface area contributed by atoms with Crippen LogP contribution in [0, 0.1) is 0 Å². The Morgan fingerprint density at radius 2 is 2.09 bits per heavy atom. The molecule has 0 saturated carbocycles. The topological polar surface area (TPSA) is 113 Å². The molecule has 0 fully saturated rings. The molecule has 3 aromatic heterocycles. The molecule has 0 bridgehead atoms.